The molecule has 0 fully saturated rings. The Balaban J connectivity index is 1.88. The van der Waals surface area contributed by atoms with Gasteiger partial charge in [-0.15, -0.1) is 0 Å². The normalized spacial score (nSPS) is 12.3. The number of benzene rings is 2. The molecule has 124 valence electrons. The second-order valence-corrected chi connectivity index (χ2v) is 8.21. The molecule has 0 aliphatic carbocycles. The fourth-order valence-electron chi connectivity index (χ4n) is 2.52. The maximum absolute atomic E-state index is 14.3. The van der Waals surface area contributed by atoms with Gasteiger partial charge in [0.1, 0.15) is 0 Å². The molecule has 0 spiro atoms. The molecule has 24 heavy (non-hydrogen) atoms. The van der Waals surface area contributed by atoms with Crippen molar-refractivity contribution in [2.24, 2.45) is 0 Å². The summed E-state index contributed by atoms with van der Waals surface area (Å²) in [5.74, 6) is -1.02. The predicted octanol–water partition coefficient (Wildman–Crippen LogP) is 3.49. The summed E-state index contributed by atoms with van der Waals surface area (Å²) < 4.78 is 30.7. The molecule has 2 nitrogen and oxygen atoms in total. The van der Waals surface area contributed by atoms with Crippen LogP contribution >= 0.6 is 0 Å². The van der Waals surface area contributed by atoms with Gasteiger partial charge in [-0.05, 0) is 0 Å². The minimum atomic E-state index is -0.544. The number of imidazole rings is 1. The molecule has 1 aromatic heterocycles. The Labute approximate surface area is 146 Å². The molecule has 2 aromatic carbocycles. The van der Waals surface area contributed by atoms with Crippen molar-refractivity contribution in [1.29, 1.82) is 0 Å². The molecule has 0 saturated heterocycles. The van der Waals surface area contributed by atoms with Crippen LogP contribution in [0.25, 0.3) is 0 Å². The first kappa shape index (κ1) is 16.9. The third-order valence-electron chi connectivity index (χ3n) is 3.86. The van der Waals surface area contributed by atoms with Gasteiger partial charge in [0.25, 0.3) is 0 Å². The van der Waals surface area contributed by atoms with Gasteiger partial charge in [-0.1, -0.05) is 0 Å². The van der Waals surface area contributed by atoms with E-state index in [-0.39, 0.29) is 19.8 Å². The molecular weight excluding hydrogens is 373 g/mol. The summed E-state index contributed by atoms with van der Waals surface area (Å²) in [6, 6.07) is 12.3. The molecular formula is C19H18F2N2Se. The van der Waals surface area contributed by atoms with Crippen LogP contribution in [0, 0.1) is 11.6 Å². The van der Waals surface area contributed by atoms with Crippen LogP contribution in [-0.4, -0.2) is 24.5 Å². The number of hydrogen-bond donors (Lipinski definition) is 0. The van der Waals surface area contributed by atoms with Crippen molar-refractivity contribution < 1.29 is 8.78 Å². The van der Waals surface area contributed by atoms with E-state index < -0.39 is 11.6 Å². The number of aryl methyl sites for hydroxylation is 1. The molecule has 1 unspecified atom stereocenters. The molecule has 1 heterocycles. The van der Waals surface area contributed by atoms with E-state index in [0.29, 0.717) is 12.1 Å². The van der Waals surface area contributed by atoms with E-state index in [1.165, 1.54) is 16.1 Å². The molecule has 0 aliphatic rings. The van der Waals surface area contributed by atoms with Crippen LogP contribution in [0.2, 0.25) is 0 Å². The molecule has 3 rings (SSSR count). The zero-order valence-corrected chi connectivity index (χ0v) is 15.0. The van der Waals surface area contributed by atoms with E-state index in [4.69, 9.17) is 0 Å². The number of aromatic nitrogens is 2. The summed E-state index contributed by atoms with van der Waals surface area (Å²) in [7, 11) is 0. The third kappa shape index (κ3) is 4.11. The Bertz CT molecular complexity index is 786. The van der Waals surface area contributed by atoms with Gasteiger partial charge in [-0.2, -0.15) is 0 Å². The first-order valence-electron chi connectivity index (χ1n) is 7.82. The zero-order chi connectivity index (χ0) is 16.9. The second kappa shape index (κ2) is 7.73. The molecule has 0 saturated carbocycles. The summed E-state index contributed by atoms with van der Waals surface area (Å²) in [6.45, 7) is 2.74. The Morgan fingerprint density at radius 1 is 1.12 bits per heavy atom. The van der Waals surface area contributed by atoms with Crippen LogP contribution in [0.4, 0.5) is 8.78 Å². The SMILES string of the molecule is CCc1ccc([Se]C(Cn2ccnc2)c2ccc(F)cc2F)cc1. The van der Waals surface area contributed by atoms with Gasteiger partial charge >= 0.3 is 146 Å². The van der Waals surface area contributed by atoms with E-state index in [1.807, 2.05) is 10.8 Å². The molecule has 0 radical (unpaired) electrons. The van der Waals surface area contributed by atoms with Gasteiger partial charge < -0.3 is 0 Å². The number of nitrogens with zero attached hydrogens (tertiary/aromatic N) is 2. The van der Waals surface area contributed by atoms with Crippen molar-refractivity contribution in [2.45, 2.75) is 24.7 Å². The number of rotatable bonds is 6. The molecule has 3 aromatic rings. The van der Waals surface area contributed by atoms with Crippen LogP contribution < -0.4 is 4.46 Å². The first-order valence-corrected chi connectivity index (χ1v) is 9.66. The van der Waals surface area contributed by atoms with Crippen molar-refractivity contribution in [3.8, 4) is 0 Å². The minimum absolute atomic E-state index is 0.0230. The zero-order valence-electron chi connectivity index (χ0n) is 13.3. The summed E-state index contributed by atoms with van der Waals surface area (Å²) in [5, 5.41) is 0. The Morgan fingerprint density at radius 3 is 2.54 bits per heavy atom. The third-order valence-corrected chi connectivity index (χ3v) is 6.44. The van der Waals surface area contributed by atoms with Gasteiger partial charge in [-0.25, -0.2) is 0 Å². The standard InChI is InChI=1S/C19H18F2N2Se/c1-2-14-3-6-16(7-4-14)24-19(12-23-10-9-22-13-23)17-8-5-15(20)11-18(17)21/h3-11,13,19H,2,12H2,1H3. The van der Waals surface area contributed by atoms with Gasteiger partial charge in [0.15, 0.2) is 0 Å². The molecule has 0 bridgehead atoms. The van der Waals surface area contributed by atoms with Crippen molar-refractivity contribution in [3.05, 3.63) is 83.9 Å². The Hall–Kier alpha value is -1.97. The summed E-state index contributed by atoms with van der Waals surface area (Å²) in [5.41, 5.74) is 1.85. The average molecular weight is 391 g/mol. The quantitative estimate of drug-likeness (QED) is 0.589. The van der Waals surface area contributed by atoms with Crippen molar-refractivity contribution in [1.82, 2.24) is 9.55 Å². The Morgan fingerprint density at radius 2 is 1.92 bits per heavy atom. The summed E-state index contributed by atoms with van der Waals surface area (Å²) in [4.78, 5) is 4.02. The first-order chi connectivity index (χ1) is 11.7. The van der Waals surface area contributed by atoms with Gasteiger partial charge in [0.05, 0.1) is 0 Å². The van der Waals surface area contributed by atoms with E-state index in [0.717, 1.165) is 12.5 Å². The van der Waals surface area contributed by atoms with E-state index in [1.54, 1.807) is 18.6 Å². The van der Waals surface area contributed by atoms with Gasteiger partial charge in [0.2, 0.25) is 0 Å². The fraction of sp³-hybridized carbons (Fsp3) is 0.211. The molecule has 0 amide bonds. The van der Waals surface area contributed by atoms with Crippen LogP contribution in [0.3, 0.4) is 0 Å². The van der Waals surface area contributed by atoms with Crippen molar-refractivity contribution in [3.63, 3.8) is 0 Å². The molecule has 0 N–H and O–H groups in total. The van der Waals surface area contributed by atoms with Crippen molar-refractivity contribution in [2.75, 3.05) is 0 Å². The maximum atomic E-state index is 14.3. The second-order valence-electron chi connectivity index (χ2n) is 5.53. The average Bonchev–Trinajstić information content (AvgIpc) is 3.08. The summed E-state index contributed by atoms with van der Waals surface area (Å²) >= 11 is 0.0230. The van der Waals surface area contributed by atoms with E-state index >= 15 is 0 Å². The topological polar surface area (TPSA) is 17.8 Å². The van der Waals surface area contributed by atoms with Crippen LogP contribution in [0.5, 0.6) is 0 Å². The van der Waals surface area contributed by atoms with Crippen LogP contribution in [0.15, 0.2) is 61.2 Å². The molecule has 5 heteroatoms. The van der Waals surface area contributed by atoms with Crippen molar-refractivity contribution >= 4 is 19.4 Å². The monoisotopic (exact) mass is 392 g/mol. The fourth-order valence-corrected chi connectivity index (χ4v) is 5.01. The van der Waals surface area contributed by atoms with Crippen LogP contribution in [-0.2, 0) is 13.0 Å². The summed E-state index contributed by atoms with van der Waals surface area (Å²) in [6.07, 6.45) is 6.30. The van der Waals surface area contributed by atoms with Gasteiger partial charge in [0, 0.05) is 0 Å². The van der Waals surface area contributed by atoms with Crippen LogP contribution in [0.1, 0.15) is 22.9 Å². The molecule has 0 aliphatic heterocycles. The number of halogens is 2. The Kier molecular flexibility index (Phi) is 5.44. The molecule has 1 atom stereocenters. The van der Waals surface area contributed by atoms with Gasteiger partial charge in [-0.3, -0.25) is 0 Å². The van der Waals surface area contributed by atoms with E-state index in [9.17, 15) is 8.78 Å². The number of hydrogen-bond acceptors (Lipinski definition) is 1. The predicted molar refractivity (Wildman–Crippen MR) is 92.5 cm³/mol. The van der Waals surface area contributed by atoms with E-state index in [2.05, 4.69) is 36.2 Å².